The molecule has 6 nitrogen and oxygen atoms in total. The fourth-order valence-corrected chi connectivity index (χ4v) is 3.44. The molecule has 1 saturated heterocycles. The Morgan fingerprint density at radius 2 is 2.00 bits per heavy atom. The van der Waals surface area contributed by atoms with Gasteiger partial charge in [-0.2, -0.15) is 0 Å². The normalized spacial score (nSPS) is 15.9. The fraction of sp³-hybridized carbons (Fsp3) is 0.438. The van der Waals surface area contributed by atoms with Crippen LogP contribution in [0.1, 0.15) is 18.2 Å². The highest BCUT2D eigenvalue weighted by Crippen LogP contribution is 2.25. The molecule has 0 bridgehead atoms. The number of hydrogen-bond donors (Lipinski definition) is 1. The number of halogens is 2. The smallest absolute Gasteiger partial charge is 0.258 e. The quantitative estimate of drug-likeness (QED) is 0.841. The summed E-state index contributed by atoms with van der Waals surface area (Å²) in [6.45, 7) is 7.17. The van der Waals surface area contributed by atoms with Gasteiger partial charge in [-0.25, -0.2) is 4.98 Å². The van der Waals surface area contributed by atoms with Crippen LogP contribution in [-0.2, 0) is 11.3 Å². The number of carbonyl (C=O) groups is 1. The molecule has 8 heteroatoms. The Labute approximate surface area is 149 Å². The lowest BCUT2D eigenvalue weighted by Crippen LogP contribution is -3.13. The summed E-state index contributed by atoms with van der Waals surface area (Å²) in [7, 11) is 0. The van der Waals surface area contributed by atoms with E-state index >= 15 is 0 Å². The van der Waals surface area contributed by atoms with Gasteiger partial charge in [-0.05, 0) is 12.5 Å². The van der Waals surface area contributed by atoms with Crippen molar-refractivity contribution in [2.75, 3.05) is 26.2 Å². The van der Waals surface area contributed by atoms with E-state index in [1.807, 2.05) is 4.90 Å². The zero-order chi connectivity index (χ0) is 17.4. The number of amides is 1. The van der Waals surface area contributed by atoms with E-state index in [0.29, 0.717) is 33.5 Å². The Balaban J connectivity index is 1.86. The van der Waals surface area contributed by atoms with Gasteiger partial charge in [0.15, 0.2) is 5.65 Å². The van der Waals surface area contributed by atoms with Crippen molar-refractivity contribution in [3.8, 4) is 0 Å². The number of rotatable bonds is 2. The minimum atomic E-state index is -0.194. The second-order valence-electron chi connectivity index (χ2n) is 6.13. The van der Waals surface area contributed by atoms with E-state index in [2.05, 4.69) is 4.98 Å². The Hall–Kier alpha value is -1.63. The molecule has 1 fully saturated rings. The maximum atomic E-state index is 12.3. The lowest BCUT2D eigenvalue weighted by molar-refractivity contribution is -0.917. The molecule has 1 aliphatic rings. The molecule has 0 atom stereocenters. The zero-order valence-electron chi connectivity index (χ0n) is 13.6. The number of piperazine rings is 1. The largest absolute Gasteiger partial charge is 0.332 e. The summed E-state index contributed by atoms with van der Waals surface area (Å²) in [5, 5.41) is 0.841. The van der Waals surface area contributed by atoms with Crippen molar-refractivity contribution in [1.82, 2.24) is 14.3 Å². The van der Waals surface area contributed by atoms with Gasteiger partial charge in [0.05, 0.1) is 36.2 Å². The predicted molar refractivity (Wildman–Crippen MR) is 92.9 cm³/mol. The van der Waals surface area contributed by atoms with Crippen molar-refractivity contribution in [3.05, 3.63) is 43.9 Å². The third kappa shape index (κ3) is 3.27. The second-order valence-corrected chi connectivity index (χ2v) is 6.91. The summed E-state index contributed by atoms with van der Waals surface area (Å²) in [4.78, 5) is 31.4. The van der Waals surface area contributed by atoms with Crippen molar-refractivity contribution < 1.29 is 9.69 Å². The van der Waals surface area contributed by atoms with E-state index in [1.54, 1.807) is 20.0 Å². The molecule has 1 N–H and O–H groups in total. The predicted octanol–water partition coefficient (Wildman–Crippen LogP) is 0.557. The Kier molecular flexibility index (Phi) is 4.80. The van der Waals surface area contributed by atoms with Crippen LogP contribution in [0.25, 0.3) is 5.65 Å². The number of fused-ring (bicyclic) bond motifs is 1. The molecule has 24 heavy (non-hydrogen) atoms. The van der Waals surface area contributed by atoms with Crippen molar-refractivity contribution in [2.24, 2.45) is 0 Å². The van der Waals surface area contributed by atoms with Crippen molar-refractivity contribution >= 4 is 34.8 Å². The zero-order valence-corrected chi connectivity index (χ0v) is 15.1. The first-order chi connectivity index (χ1) is 11.4. The van der Waals surface area contributed by atoms with E-state index in [-0.39, 0.29) is 11.5 Å². The molecular formula is C16H19Cl2N4O2+. The van der Waals surface area contributed by atoms with Gasteiger partial charge in [0.25, 0.3) is 5.56 Å². The topological polar surface area (TPSA) is 59.1 Å². The van der Waals surface area contributed by atoms with Gasteiger partial charge < -0.3 is 9.80 Å². The minimum absolute atomic E-state index is 0.107. The van der Waals surface area contributed by atoms with Gasteiger partial charge in [-0.15, -0.1) is 0 Å². The van der Waals surface area contributed by atoms with Crippen molar-refractivity contribution in [3.63, 3.8) is 0 Å². The van der Waals surface area contributed by atoms with Crippen LogP contribution in [0.5, 0.6) is 0 Å². The van der Waals surface area contributed by atoms with E-state index < -0.39 is 0 Å². The van der Waals surface area contributed by atoms with Crippen LogP contribution >= 0.6 is 23.2 Å². The lowest BCUT2D eigenvalue weighted by atomic mass is 10.2. The van der Waals surface area contributed by atoms with E-state index in [9.17, 15) is 9.59 Å². The number of nitrogens with zero attached hydrogens (tertiary/aromatic N) is 3. The van der Waals surface area contributed by atoms with Crippen molar-refractivity contribution in [1.29, 1.82) is 0 Å². The molecule has 1 aliphatic heterocycles. The van der Waals surface area contributed by atoms with Crippen LogP contribution in [-0.4, -0.2) is 46.4 Å². The number of hydrogen-bond acceptors (Lipinski definition) is 3. The van der Waals surface area contributed by atoms with Gasteiger partial charge in [0, 0.05) is 19.2 Å². The Morgan fingerprint density at radius 1 is 1.33 bits per heavy atom. The average molecular weight is 370 g/mol. The molecule has 0 unspecified atom stereocenters. The summed E-state index contributed by atoms with van der Waals surface area (Å²) in [6, 6.07) is 1.53. The van der Waals surface area contributed by atoms with Gasteiger partial charge in [-0.1, -0.05) is 23.2 Å². The average Bonchev–Trinajstić information content (AvgIpc) is 2.54. The van der Waals surface area contributed by atoms with E-state index in [0.717, 1.165) is 26.2 Å². The SMILES string of the molecule is CC(=O)N1CC[NH+](Cc2cc(=O)n3cc(Cl)c(C)c(Cl)c3n2)CC1. The number of pyridine rings is 1. The molecule has 2 aromatic rings. The first-order valence-corrected chi connectivity index (χ1v) is 8.58. The minimum Gasteiger partial charge on any atom is -0.332 e. The van der Waals surface area contributed by atoms with Gasteiger partial charge in [-0.3, -0.25) is 14.0 Å². The number of aromatic nitrogens is 2. The summed E-state index contributed by atoms with van der Waals surface area (Å²) in [5.74, 6) is 0.107. The molecule has 0 spiro atoms. The molecule has 2 aromatic heterocycles. The standard InChI is InChI=1S/C16H18Cl2N4O2/c1-10-13(17)9-22-14(24)7-12(19-16(22)15(10)18)8-20-3-5-21(6-4-20)11(2)23/h7,9H,3-6,8H2,1-2H3/p+1. The molecule has 0 radical (unpaired) electrons. The third-order valence-corrected chi connectivity index (χ3v) is 5.31. The van der Waals surface area contributed by atoms with E-state index in [1.165, 1.54) is 15.4 Å². The molecule has 3 heterocycles. The summed E-state index contributed by atoms with van der Waals surface area (Å²) in [6.07, 6.45) is 1.55. The highest BCUT2D eigenvalue weighted by atomic mass is 35.5. The second kappa shape index (κ2) is 6.70. The third-order valence-electron chi connectivity index (χ3n) is 4.48. The molecular weight excluding hydrogens is 351 g/mol. The summed E-state index contributed by atoms with van der Waals surface area (Å²) < 4.78 is 1.38. The van der Waals surface area contributed by atoms with Crippen LogP contribution in [0.3, 0.4) is 0 Å². The monoisotopic (exact) mass is 369 g/mol. The number of carbonyl (C=O) groups excluding carboxylic acids is 1. The van der Waals surface area contributed by atoms with Crippen LogP contribution in [0.2, 0.25) is 10.0 Å². The maximum Gasteiger partial charge on any atom is 0.258 e. The van der Waals surface area contributed by atoms with Crippen LogP contribution in [0.4, 0.5) is 0 Å². The van der Waals surface area contributed by atoms with Gasteiger partial charge in [0.1, 0.15) is 12.2 Å². The highest BCUT2D eigenvalue weighted by Gasteiger charge is 2.22. The molecule has 128 valence electrons. The van der Waals surface area contributed by atoms with Crippen molar-refractivity contribution in [2.45, 2.75) is 20.4 Å². The summed E-state index contributed by atoms with van der Waals surface area (Å²) >= 11 is 12.4. The molecule has 3 rings (SSSR count). The Bertz CT molecular complexity index is 857. The molecule has 0 saturated carbocycles. The molecule has 1 amide bonds. The molecule has 0 aromatic carbocycles. The first-order valence-electron chi connectivity index (χ1n) is 7.83. The fourth-order valence-electron chi connectivity index (χ4n) is 2.96. The number of quaternary nitrogens is 1. The summed E-state index contributed by atoms with van der Waals surface area (Å²) in [5.41, 5.74) is 1.66. The van der Waals surface area contributed by atoms with Crippen LogP contribution < -0.4 is 10.5 Å². The first kappa shape index (κ1) is 17.2. The van der Waals surface area contributed by atoms with Gasteiger partial charge >= 0.3 is 0 Å². The highest BCUT2D eigenvalue weighted by molar-refractivity contribution is 6.37. The van der Waals surface area contributed by atoms with Gasteiger partial charge in [0.2, 0.25) is 5.91 Å². The van der Waals surface area contributed by atoms with Crippen LogP contribution in [0.15, 0.2) is 17.1 Å². The lowest BCUT2D eigenvalue weighted by Gasteiger charge is -2.31. The van der Waals surface area contributed by atoms with Crippen LogP contribution in [0, 0.1) is 6.92 Å². The van der Waals surface area contributed by atoms with E-state index in [4.69, 9.17) is 23.2 Å². The maximum absolute atomic E-state index is 12.3. The Morgan fingerprint density at radius 3 is 2.62 bits per heavy atom. The number of nitrogens with one attached hydrogen (secondary N) is 1. The molecule has 0 aliphatic carbocycles.